The second kappa shape index (κ2) is 7.25. The molecule has 0 amide bonds. The SMILES string of the molecule is CC(C)NC(=S)N1CCN(Cc2ccccc2Cl)CC1. The molecule has 0 atom stereocenters. The number of nitrogens with zero attached hydrogens (tertiary/aromatic N) is 2. The standard InChI is InChI=1S/C15H22ClN3S/c1-12(2)17-15(20)19-9-7-18(8-10-19)11-13-5-3-4-6-14(13)16/h3-6,12H,7-11H2,1-2H3,(H,17,20). The van der Waals surface area contributed by atoms with Gasteiger partial charge in [0.05, 0.1) is 0 Å². The molecule has 1 aliphatic heterocycles. The summed E-state index contributed by atoms with van der Waals surface area (Å²) in [6, 6.07) is 8.46. The maximum Gasteiger partial charge on any atom is 0.169 e. The van der Waals surface area contributed by atoms with Gasteiger partial charge in [-0.15, -0.1) is 0 Å². The van der Waals surface area contributed by atoms with Gasteiger partial charge in [-0.1, -0.05) is 29.8 Å². The van der Waals surface area contributed by atoms with E-state index in [0.717, 1.165) is 42.9 Å². The van der Waals surface area contributed by atoms with Gasteiger partial charge in [-0.25, -0.2) is 0 Å². The van der Waals surface area contributed by atoms with Crippen molar-refractivity contribution in [2.45, 2.75) is 26.4 Å². The number of hydrogen-bond donors (Lipinski definition) is 1. The van der Waals surface area contributed by atoms with Gasteiger partial charge in [-0.05, 0) is 37.7 Å². The molecule has 0 bridgehead atoms. The monoisotopic (exact) mass is 311 g/mol. The molecule has 2 rings (SSSR count). The predicted molar refractivity (Wildman–Crippen MR) is 89.2 cm³/mol. The van der Waals surface area contributed by atoms with E-state index in [4.69, 9.17) is 23.8 Å². The van der Waals surface area contributed by atoms with Crippen LogP contribution >= 0.6 is 23.8 Å². The second-order valence-corrected chi connectivity index (χ2v) is 6.25. The van der Waals surface area contributed by atoms with Gasteiger partial charge in [0, 0.05) is 43.8 Å². The van der Waals surface area contributed by atoms with Crippen LogP contribution in [0.1, 0.15) is 19.4 Å². The van der Waals surface area contributed by atoms with E-state index in [1.54, 1.807) is 0 Å². The molecule has 0 spiro atoms. The molecule has 0 aliphatic carbocycles. The van der Waals surface area contributed by atoms with Crippen LogP contribution in [-0.4, -0.2) is 47.1 Å². The molecule has 1 N–H and O–H groups in total. The van der Waals surface area contributed by atoms with Crippen molar-refractivity contribution in [1.29, 1.82) is 0 Å². The fraction of sp³-hybridized carbons (Fsp3) is 0.533. The van der Waals surface area contributed by atoms with Gasteiger partial charge in [-0.3, -0.25) is 4.90 Å². The third kappa shape index (κ3) is 4.33. The van der Waals surface area contributed by atoms with Crippen LogP contribution in [0.4, 0.5) is 0 Å². The van der Waals surface area contributed by atoms with Crippen molar-refractivity contribution in [2.75, 3.05) is 26.2 Å². The minimum atomic E-state index is 0.392. The summed E-state index contributed by atoms with van der Waals surface area (Å²) in [5.74, 6) is 0. The second-order valence-electron chi connectivity index (χ2n) is 5.46. The summed E-state index contributed by atoms with van der Waals surface area (Å²) in [7, 11) is 0. The molecule has 110 valence electrons. The summed E-state index contributed by atoms with van der Waals surface area (Å²) in [5.41, 5.74) is 1.20. The molecule has 0 radical (unpaired) electrons. The topological polar surface area (TPSA) is 18.5 Å². The fourth-order valence-corrected chi connectivity index (χ4v) is 2.93. The molecule has 1 aromatic carbocycles. The minimum absolute atomic E-state index is 0.392. The Morgan fingerprint density at radius 2 is 1.90 bits per heavy atom. The number of halogens is 1. The summed E-state index contributed by atoms with van der Waals surface area (Å²) in [5, 5.41) is 5.03. The predicted octanol–water partition coefficient (Wildman–Crippen LogP) is 2.74. The third-order valence-corrected chi connectivity index (χ3v) is 4.17. The molecule has 1 heterocycles. The van der Waals surface area contributed by atoms with Crippen molar-refractivity contribution in [1.82, 2.24) is 15.1 Å². The van der Waals surface area contributed by atoms with E-state index in [2.05, 4.69) is 35.0 Å². The van der Waals surface area contributed by atoms with Crippen molar-refractivity contribution < 1.29 is 0 Å². The fourth-order valence-electron chi connectivity index (χ4n) is 2.31. The molecule has 5 heteroatoms. The van der Waals surface area contributed by atoms with Gasteiger partial charge in [0.2, 0.25) is 0 Å². The lowest BCUT2D eigenvalue weighted by Gasteiger charge is -2.36. The number of nitrogens with one attached hydrogen (secondary N) is 1. The molecular formula is C15H22ClN3S. The molecule has 20 heavy (non-hydrogen) atoms. The maximum atomic E-state index is 6.21. The van der Waals surface area contributed by atoms with Crippen LogP contribution in [0.5, 0.6) is 0 Å². The zero-order valence-corrected chi connectivity index (χ0v) is 13.7. The molecule has 0 aromatic heterocycles. The van der Waals surface area contributed by atoms with E-state index in [9.17, 15) is 0 Å². The highest BCUT2D eigenvalue weighted by Gasteiger charge is 2.19. The molecule has 3 nitrogen and oxygen atoms in total. The van der Waals surface area contributed by atoms with Gasteiger partial charge >= 0.3 is 0 Å². The van der Waals surface area contributed by atoms with E-state index in [1.807, 2.05) is 18.2 Å². The third-order valence-electron chi connectivity index (χ3n) is 3.42. The Balaban J connectivity index is 1.83. The molecule has 1 aliphatic rings. The van der Waals surface area contributed by atoms with Gasteiger partial charge < -0.3 is 10.2 Å². The highest BCUT2D eigenvalue weighted by atomic mass is 35.5. The molecule has 1 aromatic rings. The minimum Gasteiger partial charge on any atom is -0.360 e. The number of rotatable bonds is 3. The van der Waals surface area contributed by atoms with Gasteiger partial charge in [0.15, 0.2) is 5.11 Å². The lowest BCUT2D eigenvalue weighted by atomic mass is 10.2. The van der Waals surface area contributed by atoms with Gasteiger partial charge in [-0.2, -0.15) is 0 Å². The molecule has 0 unspecified atom stereocenters. The normalized spacial score (nSPS) is 16.5. The summed E-state index contributed by atoms with van der Waals surface area (Å²) < 4.78 is 0. The Morgan fingerprint density at radius 1 is 1.25 bits per heavy atom. The van der Waals surface area contributed by atoms with Crippen LogP contribution in [0.3, 0.4) is 0 Å². The van der Waals surface area contributed by atoms with Crippen LogP contribution in [-0.2, 0) is 6.54 Å². The van der Waals surface area contributed by atoms with Crippen molar-refractivity contribution in [3.63, 3.8) is 0 Å². The van der Waals surface area contributed by atoms with Crippen LogP contribution < -0.4 is 5.32 Å². The highest BCUT2D eigenvalue weighted by Crippen LogP contribution is 2.17. The average molecular weight is 312 g/mol. The Labute approximate surface area is 131 Å². The smallest absolute Gasteiger partial charge is 0.169 e. The van der Waals surface area contributed by atoms with Crippen molar-refractivity contribution in [2.24, 2.45) is 0 Å². The van der Waals surface area contributed by atoms with Crippen molar-refractivity contribution in [3.05, 3.63) is 34.9 Å². The molecule has 1 fully saturated rings. The van der Waals surface area contributed by atoms with E-state index in [-0.39, 0.29) is 0 Å². The Morgan fingerprint density at radius 3 is 2.50 bits per heavy atom. The number of hydrogen-bond acceptors (Lipinski definition) is 2. The molecule has 1 saturated heterocycles. The lowest BCUT2D eigenvalue weighted by molar-refractivity contribution is 0.174. The first-order valence-electron chi connectivity index (χ1n) is 7.07. The van der Waals surface area contributed by atoms with E-state index in [0.29, 0.717) is 6.04 Å². The van der Waals surface area contributed by atoms with Crippen LogP contribution in [0.2, 0.25) is 5.02 Å². The Hall–Kier alpha value is -0.840. The summed E-state index contributed by atoms with van der Waals surface area (Å²) in [6.45, 7) is 9.13. The quantitative estimate of drug-likeness (QED) is 0.865. The zero-order valence-electron chi connectivity index (χ0n) is 12.1. The molecular weight excluding hydrogens is 290 g/mol. The Kier molecular flexibility index (Phi) is 5.64. The Bertz CT molecular complexity index is 456. The van der Waals surface area contributed by atoms with Crippen LogP contribution in [0.15, 0.2) is 24.3 Å². The lowest BCUT2D eigenvalue weighted by Crippen LogP contribution is -2.52. The summed E-state index contributed by atoms with van der Waals surface area (Å²) in [6.07, 6.45) is 0. The highest BCUT2D eigenvalue weighted by molar-refractivity contribution is 7.80. The molecule has 0 saturated carbocycles. The van der Waals surface area contributed by atoms with Crippen molar-refractivity contribution in [3.8, 4) is 0 Å². The largest absolute Gasteiger partial charge is 0.360 e. The van der Waals surface area contributed by atoms with Gasteiger partial charge in [0.25, 0.3) is 0 Å². The number of thiocarbonyl (C=S) groups is 1. The first-order valence-corrected chi connectivity index (χ1v) is 7.86. The summed E-state index contributed by atoms with van der Waals surface area (Å²) in [4.78, 5) is 4.67. The van der Waals surface area contributed by atoms with E-state index in [1.165, 1.54) is 5.56 Å². The number of piperazine rings is 1. The zero-order chi connectivity index (χ0) is 14.5. The van der Waals surface area contributed by atoms with Crippen LogP contribution in [0, 0.1) is 0 Å². The van der Waals surface area contributed by atoms with Crippen molar-refractivity contribution >= 4 is 28.9 Å². The van der Waals surface area contributed by atoms with E-state index >= 15 is 0 Å². The van der Waals surface area contributed by atoms with Crippen LogP contribution in [0.25, 0.3) is 0 Å². The first kappa shape index (κ1) is 15.5. The van der Waals surface area contributed by atoms with Gasteiger partial charge in [0.1, 0.15) is 0 Å². The summed E-state index contributed by atoms with van der Waals surface area (Å²) >= 11 is 11.6. The maximum absolute atomic E-state index is 6.21. The number of benzene rings is 1. The van der Waals surface area contributed by atoms with E-state index < -0.39 is 0 Å². The average Bonchev–Trinajstić information content (AvgIpc) is 2.41. The first-order chi connectivity index (χ1) is 9.56.